The SMILES string of the molecule is CCCc1ccc(S(=O)(=O)Nc2cnn(Cc3ccccc3F)c2)cc1. The Morgan fingerprint density at radius 2 is 1.85 bits per heavy atom. The molecule has 2 aromatic carbocycles. The lowest BCUT2D eigenvalue weighted by Crippen LogP contribution is -2.12. The molecule has 136 valence electrons. The van der Waals surface area contributed by atoms with Crippen molar-refractivity contribution in [1.29, 1.82) is 0 Å². The van der Waals surface area contributed by atoms with Crippen LogP contribution in [0.25, 0.3) is 0 Å². The van der Waals surface area contributed by atoms with E-state index in [0.29, 0.717) is 11.3 Å². The van der Waals surface area contributed by atoms with Crippen molar-refractivity contribution in [2.75, 3.05) is 4.72 Å². The smallest absolute Gasteiger partial charge is 0.261 e. The van der Waals surface area contributed by atoms with Crippen molar-refractivity contribution < 1.29 is 12.8 Å². The van der Waals surface area contributed by atoms with E-state index in [1.165, 1.54) is 23.1 Å². The summed E-state index contributed by atoms with van der Waals surface area (Å²) in [4.78, 5) is 0.194. The van der Waals surface area contributed by atoms with E-state index in [2.05, 4.69) is 16.7 Å². The summed E-state index contributed by atoms with van der Waals surface area (Å²) < 4.78 is 42.7. The van der Waals surface area contributed by atoms with Crippen molar-refractivity contribution in [3.05, 3.63) is 77.9 Å². The van der Waals surface area contributed by atoms with Gasteiger partial charge in [-0.15, -0.1) is 0 Å². The van der Waals surface area contributed by atoms with Crippen LogP contribution in [-0.2, 0) is 23.0 Å². The Kier molecular flexibility index (Phi) is 5.37. The molecule has 1 heterocycles. The van der Waals surface area contributed by atoms with Crippen LogP contribution in [0.1, 0.15) is 24.5 Å². The molecule has 3 rings (SSSR count). The van der Waals surface area contributed by atoms with Crippen LogP contribution in [0.15, 0.2) is 65.8 Å². The molecule has 0 fully saturated rings. The summed E-state index contributed by atoms with van der Waals surface area (Å²) in [7, 11) is -3.69. The summed E-state index contributed by atoms with van der Waals surface area (Å²) in [5.41, 5.74) is 1.92. The first kappa shape index (κ1) is 18.1. The first-order valence-corrected chi connectivity index (χ1v) is 9.84. The Labute approximate surface area is 152 Å². The molecule has 0 saturated carbocycles. The zero-order valence-electron chi connectivity index (χ0n) is 14.4. The van der Waals surface area contributed by atoms with Crippen molar-refractivity contribution in [3.63, 3.8) is 0 Å². The van der Waals surface area contributed by atoms with Gasteiger partial charge in [0, 0.05) is 11.8 Å². The summed E-state index contributed by atoms with van der Waals surface area (Å²) in [6.07, 6.45) is 4.86. The maximum Gasteiger partial charge on any atom is 0.261 e. The molecule has 0 atom stereocenters. The Hall–Kier alpha value is -2.67. The first-order chi connectivity index (χ1) is 12.5. The average molecular weight is 373 g/mol. The fourth-order valence-electron chi connectivity index (χ4n) is 2.64. The fraction of sp³-hybridized carbons (Fsp3) is 0.211. The largest absolute Gasteiger partial charge is 0.276 e. The van der Waals surface area contributed by atoms with E-state index in [1.807, 2.05) is 12.1 Å². The van der Waals surface area contributed by atoms with Gasteiger partial charge in [-0.1, -0.05) is 43.7 Å². The van der Waals surface area contributed by atoms with Crippen molar-refractivity contribution in [2.45, 2.75) is 31.2 Å². The fourth-order valence-corrected chi connectivity index (χ4v) is 3.67. The number of aryl methyl sites for hydroxylation is 1. The van der Waals surface area contributed by atoms with E-state index in [9.17, 15) is 12.8 Å². The molecule has 0 unspecified atom stereocenters. The lowest BCUT2D eigenvalue weighted by atomic mass is 10.1. The van der Waals surface area contributed by atoms with Crippen molar-refractivity contribution in [1.82, 2.24) is 9.78 Å². The summed E-state index contributed by atoms with van der Waals surface area (Å²) >= 11 is 0. The van der Waals surface area contributed by atoms with Crippen molar-refractivity contribution in [2.24, 2.45) is 0 Å². The zero-order valence-corrected chi connectivity index (χ0v) is 15.2. The van der Waals surface area contributed by atoms with Crippen LogP contribution in [0.5, 0.6) is 0 Å². The van der Waals surface area contributed by atoms with Crippen LogP contribution in [0.3, 0.4) is 0 Å². The standard InChI is InChI=1S/C19H20FN3O2S/c1-2-5-15-8-10-18(11-9-15)26(24,25)22-17-12-21-23(14-17)13-16-6-3-4-7-19(16)20/h3-4,6-12,14,22H,2,5,13H2,1H3. The molecular formula is C19H20FN3O2S. The Morgan fingerprint density at radius 1 is 1.12 bits per heavy atom. The van der Waals surface area contributed by atoms with Gasteiger partial charge in [0.25, 0.3) is 10.0 Å². The lowest BCUT2D eigenvalue weighted by Gasteiger charge is -2.07. The number of anilines is 1. The summed E-state index contributed by atoms with van der Waals surface area (Å²) in [5.74, 6) is -0.322. The second-order valence-electron chi connectivity index (χ2n) is 6.02. The minimum atomic E-state index is -3.69. The third-order valence-corrected chi connectivity index (χ3v) is 5.35. The molecule has 0 aliphatic carbocycles. The summed E-state index contributed by atoms with van der Waals surface area (Å²) in [6, 6.07) is 13.2. The number of hydrogen-bond acceptors (Lipinski definition) is 3. The van der Waals surface area contributed by atoms with Gasteiger partial charge in [-0.05, 0) is 30.2 Å². The number of benzene rings is 2. The number of hydrogen-bond donors (Lipinski definition) is 1. The minimum absolute atomic E-state index is 0.194. The molecular weight excluding hydrogens is 353 g/mol. The average Bonchev–Trinajstić information content (AvgIpc) is 3.04. The van der Waals surface area contributed by atoms with E-state index in [0.717, 1.165) is 18.4 Å². The molecule has 26 heavy (non-hydrogen) atoms. The predicted molar refractivity (Wildman–Crippen MR) is 99.0 cm³/mol. The Morgan fingerprint density at radius 3 is 2.54 bits per heavy atom. The highest BCUT2D eigenvalue weighted by Crippen LogP contribution is 2.17. The van der Waals surface area contributed by atoms with Crippen molar-refractivity contribution >= 4 is 15.7 Å². The van der Waals surface area contributed by atoms with Gasteiger partial charge in [0.1, 0.15) is 5.82 Å². The van der Waals surface area contributed by atoms with E-state index >= 15 is 0 Å². The molecule has 0 amide bonds. The van der Waals surface area contributed by atoms with Gasteiger partial charge < -0.3 is 0 Å². The number of rotatable bonds is 7. The van der Waals surface area contributed by atoms with Crippen LogP contribution in [0.2, 0.25) is 0 Å². The van der Waals surface area contributed by atoms with Gasteiger partial charge in [0.05, 0.1) is 23.3 Å². The molecule has 0 aliphatic rings. The minimum Gasteiger partial charge on any atom is -0.276 e. The number of nitrogens with one attached hydrogen (secondary N) is 1. The van der Waals surface area contributed by atoms with E-state index in [1.54, 1.807) is 30.3 Å². The molecule has 0 spiro atoms. The third kappa shape index (κ3) is 4.29. The maximum absolute atomic E-state index is 13.7. The number of halogens is 1. The molecule has 0 bridgehead atoms. The van der Waals surface area contributed by atoms with Gasteiger partial charge in [-0.3, -0.25) is 9.40 Å². The molecule has 3 aromatic rings. The number of nitrogens with zero attached hydrogens (tertiary/aromatic N) is 2. The summed E-state index contributed by atoms with van der Waals surface area (Å²) in [5, 5.41) is 4.09. The van der Waals surface area contributed by atoms with Gasteiger partial charge >= 0.3 is 0 Å². The van der Waals surface area contributed by atoms with Crippen LogP contribution in [0, 0.1) is 5.82 Å². The van der Waals surface area contributed by atoms with Crippen molar-refractivity contribution in [3.8, 4) is 0 Å². The normalized spacial score (nSPS) is 11.5. The summed E-state index contributed by atoms with van der Waals surface area (Å²) in [6.45, 7) is 2.30. The zero-order chi connectivity index (χ0) is 18.6. The number of aromatic nitrogens is 2. The van der Waals surface area contributed by atoms with Gasteiger partial charge in [-0.25, -0.2) is 12.8 Å². The van der Waals surface area contributed by atoms with E-state index < -0.39 is 10.0 Å². The molecule has 7 heteroatoms. The molecule has 0 radical (unpaired) electrons. The quantitative estimate of drug-likeness (QED) is 0.685. The molecule has 1 N–H and O–H groups in total. The molecule has 0 aliphatic heterocycles. The second-order valence-corrected chi connectivity index (χ2v) is 7.70. The first-order valence-electron chi connectivity index (χ1n) is 8.35. The molecule has 1 aromatic heterocycles. The predicted octanol–water partition coefficient (Wildman–Crippen LogP) is 3.82. The molecule has 5 nitrogen and oxygen atoms in total. The van der Waals surface area contributed by atoms with Gasteiger partial charge in [0.2, 0.25) is 0 Å². The number of sulfonamides is 1. The highest BCUT2D eigenvalue weighted by atomic mass is 32.2. The molecule has 0 saturated heterocycles. The topological polar surface area (TPSA) is 64.0 Å². The van der Waals surface area contributed by atoms with Gasteiger partial charge in [0.15, 0.2) is 0 Å². The third-order valence-electron chi connectivity index (χ3n) is 3.95. The van der Waals surface area contributed by atoms with Crippen LogP contribution < -0.4 is 4.72 Å². The van der Waals surface area contributed by atoms with Crippen LogP contribution >= 0.6 is 0 Å². The maximum atomic E-state index is 13.7. The monoisotopic (exact) mass is 373 g/mol. The van der Waals surface area contributed by atoms with E-state index in [-0.39, 0.29) is 17.3 Å². The second kappa shape index (κ2) is 7.70. The Balaban J connectivity index is 1.72. The van der Waals surface area contributed by atoms with E-state index in [4.69, 9.17) is 0 Å². The lowest BCUT2D eigenvalue weighted by molar-refractivity contribution is 0.585. The highest BCUT2D eigenvalue weighted by Gasteiger charge is 2.15. The van der Waals surface area contributed by atoms with Gasteiger partial charge in [-0.2, -0.15) is 5.10 Å². The van der Waals surface area contributed by atoms with Crippen LogP contribution in [-0.4, -0.2) is 18.2 Å². The highest BCUT2D eigenvalue weighted by molar-refractivity contribution is 7.92. The van der Waals surface area contributed by atoms with Crippen LogP contribution in [0.4, 0.5) is 10.1 Å². The Bertz CT molecular complexity index is 982.